The van der Waals surface area contributed by atoms with Gasteiger partial charge in [0, 0.05) is 6.92 Å². The van der Waals surface area contributed by atoms with Crippen LogP contribution in [0.25, 0.3) is 0 Å². The molecule has 0 saturated heterocycles. The Labute approximate surface area is 70.5 Å². The lowest BCUT2D eigenvalue weighted by Crippen LogP contribution is -2.24. The van der Waals surface area contributed by atoms with Gasteiger partial charge in [-0.25, -0.2) is 4.79 Å². The average Bonchev–Trinajstić information content (AvgIpc) is 2.00. The van der Waals surface area contributed by atoms with Gasteiger partial charge in [0.1, 0.15) is 0 Å². The van der Waals surface area contributed by atoms with Crippen molar-refractivity contribution in [3.05, 3.63) is 25.5 Å². The van der Waals surface area contributed by atoms with E-state index >= 15 is 0 Å². The standard InChI is InChI=1S/C8H10O4/c1-4-7(12-6(3)9)8(10)11-5-2/h4-5,7H,1-2H2,3H3. The molecule has 0 spiro atoms. The molecule has 12 heavy (non-hydrogen) atoms. The molecule has 0 radical (unpaired) electrons. The lowest BCUT2D eigenvalue weighted by Gasteiger charge is -2.08. The highest BCUT2D eigenvalue weighted by molar-refractivity contribution is 5.80. The minimum absolute atomic E-state index is 0.569. The van der Waals surface area contributed by atoms with E-state index in [-0.39, 0.29) is 0 Å². The van der Waals surface area contributed by atoms with Gasteiger partial charge in [-0.2, -0.15) is 0 Å². The maximum absolute atomic E-state index is 10.9. The van der Waals surface area contributed by atoms with Crippen LogP contribution in [0.5, 0.6) is 0 Å². The zero-order valence-electron chi connectivity index (χ0n) is 6.78. The smallest absolute Gasteiger partial charge is 0.356 e. The van der Waals surface area contributed by atoms with E-state index in [0.29, 0.717) is 0 Å². The molecular formula is C8H10O4. The van der Waals surface area contributed by atoms with Gasteiger partial charge in [-0.3, -0.25) is 4.79 Å². The van der Waals surface area contributed by atoms with Crippen LogP contribution < -0.4 is 0 Å². The van der Waals surface area contributed by atoms with Gasteiger partial charge in [0.2, 0.25) is 6.10 Å². The molecular weight excluding hydrogens is 160 g/mol. The molecule has 0 aliphatic carbocycles. The van der Waals surface area contributed by atoms with Gasteiger partial charge in [-0.05, 0) is 6.08 Å². The molecule has 0 saturated carbocycles. The van der Waals surface area contributed by atoms with E-state index in [1.807, 2.05) is 0 Å². The summed E-state index contributed by atoms with van der Waals surface area (Å²) < 4.78 is 8.91. The predicted molar refractivity (Wildman–Crippen MR) is 42.0 cm³/mol. The summed E-state index contributed by atoms with van der Waals surface area (Å²) in [6.45, 7) is 7.68. The molecule has 66 valence electrons. The molecule has 0 N–H and O–H groups in total. The molecule has 0 fully saturated rings. The first-order valence-corrected chi connectivity index (χ1v) is 3.23. The Hall–Kier alpha value is -1.58. The van der Waals surface area contributed by atoms with Crippen molar-refractivity contribution in [1.82, 2.24) is 0 Å². The van der Waals surface area contributed by atoms with Gasteiger partial charge in [-0.1, -0.05) is 13.2 Å². The van der Waals surface area contributed by atoms with Crippen molar-refractivity contribution in [1.29, 1.82) is 0 Å². The van der Waals surface area contributed by atoms with Crippen LogP contribution in [0, 0.1) is 0 Å². The quantitative estimate of drug-likeness (QED) is 0.355. The van der Waals surface area contributed by atoms with E-state index < -0.39 is 18.0 Å². The SMILES string of the molecule is C=COC(=O)C(C=C)OC(C)=O. The van der Waals surface area contributed by atoms with Crippen LogP contribution in [0.1, 0.15) is 6.92 Å². The van der Waals surface area contributed by atoms with E-state index in [4.69, 9.17) is 0 Å². The topological polar surface area (TPSA) is 52.6 Å². The third-order valence-electron chi connectivity index (χ3n) is 0.939. The number of esters is 2. The summed E-state index contributed by atoms with van der Waals surface area (Å²) in [6, 6.07) is 0. The van der Waals surface area contributed by atoms with Crippen LogP contribution in [0.3, 0.4) is 0 Å². The second-order valence-electron chi connectivity index (χ2n) is 1.87. The van der Waals surface area contributed by atoms with Crippen LogP contribution in [0.15, 0.2) is 25.5 Å². The van der Waals surface area contributed by atoms with E-state index in [0.717, 1.165) is 6.26 Å². The summed E-state index contributed by atoms with van der Waals surface area (Å²) in [6.07, 6.45) is 1.08. The zero-order chi connectivity index (χ0) is 9.56. The van der Waals surface area contributed by atoms with Gasteiger partial charge in [0.25, 0.3) is 0 Å². The molecule has 0 aromatic carbocycles. The number of carbonyl (C=O) groups is 2. The average molecular weight is 170 g/mol. The zero-order valence-corrected chi connectivity index (χ0v) is 6.78. The first kappa shape index (κ1) is 10.4. The van der Waals surface area contributed by atoms with Crippen LogP contribution in [0.4, 0.5) is 0 Å². The van der Waals surface area contributed by atoms with Crippen LogP contribution in [0.2, 0.25) is 0 Å². The van der Waals surface area contributed by atoms with Crippen LogP contribution in [-0.2, 0) is 19.1 Å². The van der Waals surface area contributed by atoms with E-state index in [1.54, 1.807) is 0 Å². The molecule has 0 amide bonds. The summed E-state index contributed by atoms with van der Waals surface area (Å²) in [5.41, 5.74) is 0. The number of ether oxygens (including phenoxy) is 2. The van der Waals surface area contributed by atoms with Gasteiger partial charge in [0.15, 0.2) is 0 Å². The molecule has 0 aliphatic rings. The minimum atomic E-state index is -1.06. The lowest BCUT2D eigenvalue weighted by molar-refractivity contribution is -0.159. The summed E-state index contributed by atoms with van der Waals surface area (Å²) in [4.78, 5) is 21.3. The largest absolute Gasteiger partial charge is 0.446 e. The minimum Gasteiger partial charge on any atom is -0.446 e. The molecule has 0 aromatic rings. The van der Waals surface area contributed by atoms with Crippen molar-refractivity contribution < 1.29 is 19.1 Å². The van der Waals surface area contributed by atoms with Crippen LogP contribution in [-0.4, -0.2) is 18.0 Å². The Balaban J connectivity index is 4.13. The Morgan fingerprint density at radius 3 is 2.33 bits per heavy atom. The molecule has 0 rings (SSSR count). The molecule has 4 nitrogen and oxygen atoms in total. The Kier molecular flexibility index (Phi) is 4.45. The van der Waals surface area contributed by atoms with Crippen molar-refractivity contribution in [3.8, 4) is 0 Å². The van der Waals surface area contributed by atoms with E-state index in [9.17, 15) is 9.59 Å². The highest BCUT2D eigenvalue weighted by atomic mass is 16.6. The first-order chi connectivity index (χ1) is 5.61. The second kappa shape index (κ2) is 5.12. The molecule has 0 aromatic heterocycles. The number of rotatable bonds is 4. The lowest BCUT2D eigenvalue weighted by atomic mass is 10.3. The highest BCUT2D eigenvalue weighted by Crippen LogP contribution is 1.97. The summed E-state index contributed by atoms with van der Waals surface area (Å²) >= 11 is 0. The number of hydrogen-bond acceptors (Lipinski definition) is 4. The first-order valence-electron chi connectivity index (χ1n) is 3.23. The third kappa shape index (κ3) is 3.55. The molecule has 4 heteroatoms. The normalized spacial score (nSPS) is 11.1. The molecule has 1 atom stereocenters. The van der Waals surface area contributed by atoms with E-state index in [2.05, 4.69) is 22.6 Å². The van der Waals surface area contributed by atoms with Crippen LogP contribution >= 0.6 is 0 Å². The van der Waals surface area contributed by atoms with Gasteiger partial charge in [-0.15, -0.1) is 0 Å². The van der Waals surface area contributed by atoms with E-state index in [1.165, 1.54) is 13.0 Å². The maximum Gasteiger partial charge on any atom is 0.356 e. The predicted octanol–water partition coefficient (Wildman–Crippen LogP) is 0.791. The highest BCUT2D eigenvalue weighted by Gasteiger charge is 2.18. The summed E-state index contributed by atoms with van der Waals surface area (Å²) in [5.74, 6) is -1.28. The third-order valence-corrected chi connectivity index (χ3v) is 0.939. The summed E-state index contributed by atoms with van der Waals surface area (Å²) in [7, 11) is 0. The van der Waals surface area contributed by atoms with Crippen molar-refractivity contribution in [2.45, 2.75) is 13.0 Å². The fourth-order valence-electron chi connectivity index (χ4n) is 0.520. The monoisotopic (exact) mass is 170 g/mol. The molecule has 0 bridgehead atoms. The van der Waals surface area contributed by atoms with Gasteiger partial charge >= 0.3 is 11.9 Å². The maximum atomic E-state index is 10.9. The van der Waals surface area contributed by atoms with Crippen molar-refractivity contribution >= 4 is 11.9 Å². The molecule has 0 aliphatic heterocycles. The number of carbonyl (C=O) groups excluding carboxylic acids is 2. The summed E-state index contributed by atoms with van der Waals surface area (Å²) in [5, 5.41) is 0. The fourth-order valence-corrected chi connectivity index (χ4v) is 0.520. The number of hydrogen-bond donors (Lipinski definition) is 0. The fraction of sp³-hybridized carbons (Fsp3) is 0.250. The van der Waals surface area contributed by atoms with Crippen molar-refractivity contribution in [2.24, 2.45) is 0 Å². The second-order valence-corrected chi connectivity index (χ2v) is 1.87. The molecule has 0 heterocycles. The van der Waals surface area contributed by atoms with Gasteiger partial charge < -0.3 is 9.47 Å². The molecule has 1 unspecified atom stereocenters. The Morgan fingerprint density at radius 2 is 2.00 bits per heavy atom. The van der Waals surface area contributed by atoms with Gasteiger partial charge in [0.05, 0.1) is 6.26 Å². The van der Waals surface area contributed by atoms with Crippen molar-refractivity contribution in [3.63, 3.8) is 0 Å². The van der Waals surface area contributed by atoms with Crippen molar-refractivity contribution in [2.75, 3.05) is 0 Å². The Bertz CT molecular complexity index is 207. The Morgan fingerprint density at radius 1 is 1.42 bits per heavy atom.